The van der Waals surface area contributed by atoms with Crippen LogP contribution in [0, 0.1) is 0 Å². The van der Waals surface area contributed by atoms with Gasteiger partial charge in [-0.25, -0.2) is 9.42 Å². The van der Waals surface area contributed by atoms with Gasteiger partial charge in [0, 0.05) is 0 Å². The lowest BCUT2D eigenvalue weighted by atomic mass is 10.3. The third-order valence-electron chi connectivity index (χ3n) is 1.73. The fourth-order valence-electron chi connectivity index (χ4n) is 1.16. The van der Waals surface area contributed by atoms with Gasteiger partial charge in [0.15, 0.2) is 0 Å². The molecule has 0 aromatic heterocycles. The number of para-hydroxylation sites is 1. The van der Waals surface area contributed by atoms with E-state index in [1.165, 1.54) is 4.41 Å². The number of hydrogen-bond donors (Lipinski definition) is 3. The molecule has 0 unspecified atom stereocenters. The van der Waals surface area contributed by atoms with Crippen LogP contribution in [0.4, 0.5) is 5.69 Å². The van der Waals surface area contributed by atoms with Crippen LogP contribution >= 0.6 is 12.8 Å². The maximum atomic E-state index is 5.74. The summed E-state index contributed by atoms with van der Waals surface area (Å²) in [6, 6.07) is 9.77. The predicted molar refractivity (Wildman–Crippen MR) is 55.2 cm³/mol. The first-order chi connectivity index (χ1) is 6.27. The Morgan fingerprint density at radius 1 is 1.23 bits per heavy atom. The average Bonchev–Trinajstić information content (AvgIpc) is 2.47. The second kappa shape index (κ2) is 3.20. The molecule has 3 N–H and O–H groups in total. The van der Waals surface area contributed by atoms with Crippen molar-refractivity contribution in [2.45, 2.75) is 0 Å². The van der Waals surface area contributed by atoms with E-state index < -0.39 is 0 Å². The van der Waals surface area contributed by atoms with Crippen LogP contribution in [0.2, 0.25) is 0 Å². The van der Waals surface area contributed by atoms with Gasteiger partial charge in [-0.15, -0.1) is 5.53 Å². The summed E-state index contributed by atoms with van der Waals surface area (Å²) in [6.07, 6.45) is 1.69. The van der Waals surface area contributed by atoms with Crippen molar-refractivity contribution in [1.82, 2.24) is 9.95 Å². The van der Waals surface area contributed by atoms with E-state index >= 15 is 0 Å². The molecule has 1 aromatic rings. The van der Waals surface area contributed by atoms with Gasteiger partial charge in [-0.3, -0.25) is 0 Å². The quantitative estimate of drug-likeness (QED) is 0.579. The van der Waals surface area contributed by atoms with E-state index in [2.05, 4.69) is 18.3 Å². The highest BCUT2D eigenvalue weighted by atomic mass is 32.1. The number of rotatable bonds is 1. The lowest BCUT2D eigenvalue weighted by Gasteiger charge is -2.20. The van der Waals surface area contributed by atoms with Gasteiger partial charge in [-0.05, 0) is 24.9 Å². The molecule has 0 spiro atoms. The van der Waals surface area contributed by atoms with Crippen molar-refractivity contribution in [2.75, 3.05) is 5.01 Å². The Labute approximate surface area is 82.1 Å². The molecule has 13 heavy (non-hydrogen) atoms. The summed E-state index contributed by atoms with van der Waals surface area (Å²) in [5.74, 6) is 0.612. The summed E-state index contributed by atoms with van der Waals surface area (Å²) in [5, 5.41) is 1.74. The van der Waals surface area contributed by atoms with Crippen LogP contribution in [0.5, 0.6) is 0 Å². The minimum atomic E-state index is 0.612. The van der Waals surface area contributed by atoms with Crippen LogP contribution in [0.15, 0.2) is 42.4 Å². The van der Waals surface area contributed by atoms with E-state index in [0.717, 1.165) is 5.69 Å². The molecule has 0 saturated heterocycles. The van der Waals surface area contributed by atoms with Gasteiger partial charge in [-0.1, -0.05) is 18.2 Å². The molecule has 1 heterocycles. The molecule has 4 nitrogen and oxygen atoms in total. The highest BCUT2D eigenvalue weighted by Gasteiger charge is 2.16. The van der Waals surface area contributed by atoms with Crippen LogP contribution in [-0.4, -0.2) is 4.41 Å². The van der Waals surface area contributed by atoms with Crippen molar-refractivity contribution in [3.05, 3.63) is 42.4 Å². The Morgan fingerprint density at radius 3 is 2.46 bits per heavy atom. The highest BCUT2D eigenvalue weighted by Crippen LogP contribution is 2.18. The molecule has 0 amide bonds. The van der Waals surface area contributed by atoms with E-state index in [9.17, 15) is 0 Å². The molecule has 2 rings (SSSR count). The van der Waals surface area contributed by atoms with Crippen LogP contribution in [0.25, 0.3) is 0 Å². The Balaban J connectivity index is 2.25. The normalized spacial score (nSPS) is 16.2. The number of thiol groups is 1. The number of nitrogens with one attached hydrogen (secondary N) is 1. The van der Waals surface area contributed by atoms with Gasteiger partial charge < -0.3 is 5.73 Å². The predicted octanol–water partition coefficient (Wildman–Crippen LogP) is 0.831. The molecule has 0 aliphatic carbocycles. The fraction of sp³-hybridized carbons (Fsp3) is 0. The average molecular weight is 194 g/mol. The largest absolute Gasteiger partial charge is 0.383 e. The maximum Gasteiger partial charge on any atom is 0.139 e. The third kappa shape index (κ3) is 1.56. The molecule has 1 aromatic carbocycles. The van der Waals surface area contributed by atoms with E-state index in [-0.39, 0.29) is 0 Å². The standard InChI is InChI=1S/C8H10N4S/c9-8-6-11(13)10-12(8)7-4-2-1-3-5-7/h1-6,10,13H,9H2. The van der Waals surface area contributed by atoms with E-state index in [4.69, 9.17) is 5.73 Å². The van der Waals surface area contributed by atoms with Crippen molar-refractivity contribution >= 4 is 18.5 Å². The van der Waals surface area contributed by atoms with E-state index in [0.29, 0.717) is 5.82 Å². The maximum absolute atomic E-state index is 5.74. The van der Waals surface area contributed by atoms with Crippen molar-refractivity contribution in [1.29, 1.82) is 0 Å². The van der Waals surface area contributed by atoms with Crippen LogP contribution in [0.1, 0.15) is 0 Å². The second-order valence-electron chi connectivity index (χ2n) is 2.67. The number of benzene rings is 1. The lowest BCUT2D eigenvalue weighted by molar-refractivity contribution is 0.495. The summed E-state index contributed by atoms with van der Waals surface area (Å²) in [7, 11) is 0. The number of anilines is 1. The Bertz CT molecular complexity index is 324. The molecular weight excluding hydrogens is 184 g/mol. The van der Waals surface area contributed by atoms with Gasteiger partial charge in [0.2, 0.25) is 0 Å². The molecule has 0 saturated carbocycles. The minimum absolute atomic E-state index is 0.612. The second-order valence-corrected chi connectivity index (χ2v) is 3.10. The zero-order chi connectivity index (χ0) is 9.26. The number of hydrogen-bond acceptors (Lipinski definition) is 5. The monoisotopic (exact) mass is 194 g/mol. The van der Waals surface area contributed by atoms with Gasteiger partial charge in [0.1, 0.15) is 5.82 Å². The van der Waals surface area contributed by atoms with Gasteiger partial charge in [-0.2, -0.15) is 0 Å². The number of hydrazine groups is 2. The molecule has 0 fully saturated rings. The lowest BCUT2D eigenvalue weighted by Crippen LogP contribution is -2.38. The zero-order valence-electron chi connectivity index (χ0n) is 6.88. The van der Waals surface area contributed by atoms with Gasteiger partial charge in [0.05, 0.1) is 11.9 Å². The molecule has 0 atom stereocenters. The molecule has 1 aliphatic rings. The van der Waals surface area contributed by atoms with Crippen LogP contribution in [-0.2, 0) is 0 Å². The smallest absolute Gasteiger partial charge is 0.139 e. The first-order valence-corrected chi connectivity index (χ1v) is 4.24. The van der Waals surface area contributed by atoms with E-state index in [1.807, 2.05) is 30.3 Å². The van der Waals surface area contributed by atoms with Crippen LogP contribution < -0.4 is 16.3 Å². The summed E-state index contributed by atoms with van der Waals surface area (Å²) < 4.78 is 1.50. The molecule has 5 heteroatoms. The van der Waals surface area contributed by atoms with Gasteiger partial charge in [0.25, 0.3) is 0 Å². The minimum Gasteiger partial charge on any atom is -0.383 e. The first kappa shape index (κ1) is 8.28. The summed E-state index contributed by atoms with van der Waals surface area (Å²) in [6.45, 7) is 0. The topological polar surface area (TPSA) is 44.5 Å². The first-order valence-electron chi connectivity index (χ1n) is 3.84. The number of nitrogens with zero attached hydrogens (tertiary/aromatic N) is 2. The molecule has 0 bridgehead atoms. The SMILES string of the molecule is NC1=CN(S)NN1c1ccccc1. The van der Waals surface area contributed by atoms with Crippen molar-refractivity contribution in [2.24, 2.45) is 5.73 Å². The molecule has 1 aliphatic heterocycles. The highest BCUT2D eigenvalue weighted by molar-refractivity contribution is 7.77. The van der Waals surface area contributed by atoms with Crippen molar-refractivity contribution in [3.8, 4) is 0 Å². The van der Waals surface area contributed by atoms with E-state index in [1.54, 1.807) is 11.2 Å². The Morgan fingerprint density at radius 2 is 1.92 bits per heavy atom. The molecule has 68 valence electrons. The Hall–Kier alpha value is -1.33. The van der Waals surface area contributed by atoms with Crippen LogP contribution in [0.3, 0.4) is 0 Å². The summed E-state index contributed by atoms with van der Waals surface area (Å²) >= 11 is 4.09. The van der Waals surface area contributed by atoms with Crippen molar-refractivity contribution < 1.29 is 0 Å². The number of nitrogens with two attached hydrogens (primary N) is 1. The summed E-state index contributed by atoms with van der Waals surface area (Å²) in [4.78, 5) is 0. The molecule has 0 radical (unpaired) electrons. The van der Waals surface area contributed by atoms with Crippen molar-refractivity contribution in [3.63, 3.8) is 0 Å². The Kier molecular flexibility index (Phi) is 2.03. The fourth-order valence-corrected chi connectivity index (χ4v) is 1.36. The van der Waals surface area contributed by atoms with Gasteiger partial charge >= 0.3 is 0 Å². The summed E-state index contributed by atoms with van der Waals surface area (Å²) in [5.41, 5.74) is 9.65. The third-order valence-corrected chi connectivity index (χ3v) is 1.93. The zero-order valence-corrected chi connectivity index (χ0v) is 7.78. The molecular formula is C8H10N4S.